The third-order valence-electron chi connectivity index (χ3n) is 4.12. The number of aromatic nitrogens is 1. The van der Waals surface area contributed by atoms with E-state index in [-0.39, 0.29) is 23.5 Å². The van der Waals surface area contributed by atoms with Crippen LogP contribution in [0.3, 0.4) is 0 Å². The Morgan fingerprint density at radius 3 is 2.75 bits per heavy atom. The molecule has 0 saturated carbocycles. The Morgan fingerprint density at radius 1 is 1.35 bits per heavy atom. The van der Waals surface area contributed by atoms with E-state index in [0.29, 0.717) is 19.6 Å². The summed E-state index contributed by atoms with van der Waals surface area (Å²) in [5.74, 6) is -0.0233. The van der Waals surface area contributed by atoms with E-state index >= 15 is 0 Å². The molecule has 2 fully saturated rings. The number of carbonyl (C=O) groups is 1. The van der Waals surface area contributed by atoms with Gasteiger partial charge in [-0.05, 0) is 19.1 Å². The summed E-state index contributed by atoms with van der Waals surface area (Å²) >= 11 is 0. The summed E-state index contributed by atoms with van der Waals surface area (Å²) in [4.78, 5) is 18.2. The van der Waals surface area contributed by atoms with Gasteiger partial charge in [0.05, 0.1) is 23.6 Å². The number of rotatable bonds is 3. The van der Waals surface area contributed by atoms with Crippen molar-refractivity contribution in [3.8, 4) is 0 Å². The van der Waals surface area contributed by atoms with Crippen LogP contribution in [0.15, 0.2) is 24.5 Å². The zero-order valence-corrected chi connectivity index (χ0v) is 12.1. The third-order valence-corrected chi connectivity index (χ3v) is 5.94. The van der Waals surface area contributed by atoms with Crippen molar-refractivity contribution < 1.29 is 13.2 Å². The first-order valence-electron chi connectivity index (χ1n) is 6.72. The molecule has 108 valence electrons. The van der Waals surface area contributed by atoms with Crippen LogP contribution in [0.1, 0.15) is 6.92 Å². The van der Waals surface area contributed by atoms with Crippen molar-refractivity contribution in [3.63, 3.8) is 0 Å². The third kappa shape index (κ3) is 2.10. The monoisotopic (exact) mass is 295 g/mol. The summed E-state index contributed by atoms with van der Waals surface area (Å²) < 4.78 is 25.2. The number of carbonyl (C=O) groups excluding carboxylic acids is 1. The molecule has 6 nitrogen and oxygen atoms in total. The van der Waals surface area contributed by atoms with Crippen LogP contribution in [0, 0.1) is 11.8 Å². The highest BCUT2D eigenvalue weighted by Gasteiger charge is 2.49. The van der Waals surface area contributed by atoms with E-state index in [1.165, 1.54) is 4.31 Å². The van der Waals surface area contributed by atoms with Gasteiger partial charge in [0.1, 0.15) is 0 Å². The molecule has 2 aliphatic rings. The van der Waals surface area contributed by atoms with Crippen LogP contribution < -0.4 is 4.90 Å². The lowest BCUT2D eigenvalue weighted by atomic mass is 10.0. The maximum absolute atomic E-state index is 12.4. The Kier molecular flexibility index (Phi) is 3.25. The Hall–Kier alpha value is -1.47. The fourth-order valence-electron chi connectivity index (χ4n) is 2.98. The lowest BCUT2D eigenvalue weighted by Gasteiger charge is -2.20. The van der Waals surface area contributed by atoms with E-state index in [1.54, 1.807) is 30.3 Å². The fraction of sp³-hybridized carbons (Fsp3) is 0.538. The van der Waals surface area contributed by atoms with Crippen molar-refractivity contribution in [1.29, 1.82) is 0 Å². The topological polar surface area (TPSA) is 70.6 Å². The van der Waals surface area contributed by atoms with Gasteiger partial charge in [-0.3, -0.25) is 9.78 Å². The zero-order chi connectivity index (χ0) is 14.3. The normalized spacial score (nSPS) is 27.1. The Morgan fingerprint density at radius 2 is 2.15 bits per heavy atom. The van der Waals surface area contributed by atoms with Crippen LogP contribution in [0.25, 0.3) is 0 Å². The quantitative estimate of drug-likeness (QED) is 0.805. The van der Waals surface area contributed by atoms with Crippen LogP contribution in [0.4, 0.5) is 5.69 Å². The van der Waals surface area contributed by atoms with Gasteiger partial charge in [0, 0.05) is 31.7 Å². The molecular formula is C13H17N3O3S. The number of fused-ring (bicyclic) bond motifs is 1. The molecule has 1 aromatic rings. The minimum Gasteiger partial charge on any atom is -0.310 e. The summed E-state index contributed by atoms with van der Waals surface area (Å²) in [7, 11) is -3.20. The van der Waals surface area contributed by atoms with Gasteiger partial charge in [-0.1, -0.05) is 0 Å². The van der Waals surface area contributed by atoms with E-state index in [1.807, 2.05) is 6.07 Å². The van der Waals surface area contributed by atoms with E-state index in [2.05, 4.69) is 4.98 Å². The SMILES string of the molecule is CCS(=O)(=O)N1C[C@@H]2CN(c3cccnc3)C(=O)[C@@H]2C1. The summed E-state index contributed by atoms with van der Waals surface area (Å²) in [6.45, 7) is 2.97. The lowest BCUT2D eigenvalue weighted by molar-refractivity contribution is -0.120. The molecule has 3 heterocycles. The van der Waals surface area contributed by atoms with E-state index in [9.17, 15) is 13.2 Å². The second kappa shape index (κ2) is 4.82. The molecule has 0 radical (unpaired) electrons. The minimum absolute atomic E-state index is 0.0109. The largest absolute Gasteiger partial charge is 0.310 e. The van der Waals surface area contributed by atoms with Crippen LogP contribution in [0.5, 0.6) is 0 Å². The summed E-state index contributed by atoms with van der Waals surface area (Å²) in [6, 6.07) is 3.65. The molecule has 2 aliphatic heterocycles. The second-order valence-electron chi connectivity index (χ2n) is 5.24. The molecule has 7 heteroatoms. The van der Waals surface area contributed by atoms with Crippen LogP contribution in [0.2, 0.25) is 0 Å². The molecule has 1 aromatic heterocycles. The minimum atomic E-state index is -3.20. The predicted molar refractivity (Wildman–Crippen MR) is 74.6 cm³/mol. The standard InChI is InChI=1S/C13H17N3O3S/c1-2-20(18,19)15-7-10-8-16(13(17)12(10)9-15)11-4-3-5-14-6-11/h3-6,10,12H,2,7-9H2,1H3/t10-,12-/m1/s1. The molecule has 2 saturated heterocycles. The first-order chi connectivity index (χ1) is 9.53. The number of anilines is 1. The van der Waals surface area contributed by atoms with Gasteiger partial charge in [0.25, 0.3) is 0 Å². The molecule has 2 atom stereocenters. The van der Waals surface area contributed by atoms with Gasteiger partial charge in [-0.25, -0.2) is 12.7 Å². The van der Waals surface area contributed by atoms with Gasteiger partial charge in [0.2, 0.25) is 15.9 Å². The van der Waals surface area contributed by atoms with Crippen LogP contribution >= 0.6 is 0 Å². The average molecular weight is 295 g/mol. The van der Waals surface area contributed by atoms with Gasteiger partial charge >= 0.3 is 0 Å². The first-order valence-corrected chi connectivity index (χ1v) is 8.33. The van der Waals surface area contributed by atoms with Crippen molar-refractivity contribution >= 4 is 21.6 Å². The summed E-state index contributed by atoms with van der Waals surface area (Å²) in [5, 5.41) is 0. The molecule has 0 aromatic carbocycles. The molecule has 1 amide bonds. The number of hydrogen-bond donors (Lipinski definition) is 0. The molecule has 0 spiro atoms. The van der Waals surface area contributed by atoms with Gasteiger partial charge in [-0.2, -0.15) is 0 Å². The lowest BCUT2D eigenvalue weighted by Crippen LogP contribution is -2.36. The number of pyridine rings is 1. The highest BCUT2D eigenvalue weighted by atomic mass is 32.2. The van der Waals surface area contributed by atoms with Crippen molar-refractivity contribution in [1.82, 2.24) is 9.29 Å². The smallest absolute Gasteiger partial charge is 0.231 e. The van der Waals surface area contributed by atoms with Crippen LogP contribution in [-0.4, -0.2) is 49.0 Å². The molecule has 0 bridgehead atoms. The molecule has 0 N–H and O–H groups in total. The maximum Gasteiger partial charge on any atom is 0.231 e. The number of nitrogens with zero attached hydrogens (tertiary/aromatic N) is 3. The zero-order valence-electron chi connectivity index (χ0n) is 11.3. The Balaban J connectivity index is 1.78. The van der Waals surface area contributed by atoms with Gasteiger partial charge in [0.15, 0.2) is 0 Å². The maximum atomic E-state index is 12.4. The predicted octanol–water partition coefficient (Wildman–Crippen LogP) is 0.326. The Bertz CT molecular complexity index is 617. The first kappa shape index (κ1) is 13.5. The number of hydrogen-bond acceptors (Lipinski definition) is 4. The molecule has 20 heavy (non-hydrogen) atoms. The van der Waals surface area contributed by atoms with Gasteiger partial charge < -0.3 is 4.90 Å². The fourth-order valence-corrected chi connectivity index (χ4v) is 4.15. The van der Waals surface area contributed by atoms with Crippen molar-refractivity contribution in [2.75, 3.05) is 30.3 Å². The number of sulfonamides is 1. The van der Waals surface area contributed by atoms with Crippen molar-refractivity contribution in [2.45, 2.75) is 6.92 Å². The van der Waals surface area contributed by atoms with Crippen molar-refractivity contribution in [3.05, 3.63) is 24.5 Å². The second-order valence-corrected chi connectivity index (χ2v) is 7.50. The van der Waals surface area contributed by atoms with E-state index < -0.39 is 10.0 Å². The molecule has 3 rings (SSSR count). The molecule has 0 unspecified atom stereocenters. The van der Waals surface area contributed by atoms with Crippen LogP contribution in [-0.2, 0) is 14.8 Å². The summed E-state index contributed by atoms with van der Waals surface area (Å²) in [6.07, 6.45) is 3.33. The van der Waals surface area contributed by atoms with Crippen molar-refractivity contribution in [2.24, 2.45) is 11.8 Å². The molecular weight excluding hydrogens is 278 g/mol. The highest BCUT2D eigenvalue weighted by molar-refractivity contribution is 7.89. The summed E-state index contributed by atoms with van der Waals surface area (Å²) in [5.41, 5.74) is 0.789. The molecule has 0 aliphatic carbocycles. The highest BCUT2D eigenvalue weighted by Crippen LogP contribution is 2.35. The van der Waals surface area contributed by atoms with E-state index in [0.717, 1.165) is 5.69 Å². The number of amides is 1. The average Bonchev–Trinajstić information content (AvgIpc) is 3.00. The van der Waals surface area contributed by atoms with E-state index in [4.69, 9.17) is 0 Å². The van der Waals surface area contributed by atoms with Gasteiger partial charge in [-0.15, -0.1) is 0 Å². The Labute approximate surface area is 118 Å².